The Morgan fingerprint density at radius 2 is 1.88 bits per heavy atom. The first-order valence-electron chi connectivity index (χ1n) is 7.20. The van der Waals surface area contributed by atoms with E-state index in [2.05, 4.69) is 5.32 Å². The predicted molar refractivity (Wildman–Crippen MR) is 89.5 cm³/mol. The van der Waals surface area contributed by atoms with Crippen LogP contribution in [0.25, 0.3) is 0 Å². The fourth-order valence-electron chi connectivity index (χ4n) is 2.39. The third-order valence-electron chi connectivity index (χ3n) is 3.55. The summed E-state index contributed by atoms with van der Waals surface area (Å²) in [4.78, 5) is 12.3. The number of anilines is 1. The first kappa shape index (κ1) is 16.3. The number of nitrogens with one attached hydrogen (secondary N) is 1. The molecule has 0 radical (unpaired) electrons. The molecule has 0 saturated heterocycles. The summed E-state index contributed by atoms with van der Waals surface area (Å²) in [6.45, 7) is 0.201. The molecule has 24 heavy (non-hydrogen) atoms. The van der Waals surface area contributed by atoms with Crippen LogP contribution in [0.1, 0.15) is 5.56 Å². The molecule has 0 spiro atoms. The zero-order chi connectivity index (χ0) is 17.1. The first-order chi connectivity index (χ1) is 11.6. The summed E-state index contributed by atoms with van der Waals surface area (Å²) in [5, 5.41) is 3.21. The van der Waals surface area contributed by atoms with Gasteiger partial charge < -0.3 is 24.3 Å². The first-order valence-corrected chi connectivity index (χ1v) is 7.58. The molecule has 1 aliphatic heterocycles. The van der Waals surface area contributed by atoms with Crippen molar-refractivity contribution in [2.24, 2.45) is 0 Å². The second-order valence-electron chi connectivity index (χ2n) is 5.10. The molecular weight excluding hydrogens is 334 g/mol. The van der Waals surface area contributed by atoms with E-state index in [1.54, 1.807) is 24.3 Å². The lowest BCUT2D eigenvalue weighted by molar-refractivity contribution is -0.115. The number of amides is 1. The van der Waals surface area contributed by atoms with Gasteiger partial charge in [-0.05, 0) is 17.7 Å². The van der Waals surface area contributed by atoms with Crippen molar-refractivity contribution in [2.75, 3.05) is 26.3 Å². The number of halogens is 1. The highest BCUT2D eigenvalue weighted by Gasteiger charge is 2.16. The lowest BCUT2D eigenvalue weighted by Crippen LogP contribution is -2.15. The largest absolute Gasteiger partial charge is 0.495 e. The fourth-order valence-corrected chi connectivity index (χ4v) is 2.62. The Morgan fingerprint density at radius 1 is 1.12 bits per heavy atom. The Labute approximate surface area is 144 Å². The number of carbonyl (C=O) groups excluding carboxylic acids is 1. The van der Waals surface area contributed by atoms with Crippen molar-refractivity contribution in [1.29, 1.82) is 0 Å². The molecule has 126 valence electrons. The molecule has 1 aliphatic rings. The molecule has 2 aromatic rings. The van der Waals surface area contributed by atoms with Crippen LogP contribution >= 0.6 is 11.6 Å². The lowest BCUT2D eigenvalue weighted by atomic mass is 10.1. The van der Waals surface area contributed by atoms with Gasteiger partial charge in [0.2, 0.25) is 12.7 Å². The summed E-state index contributed by atoms with van der Waals surface area (Å²) in [6.07, 6.45) is 0.185. The van der Waals surface area contributed by atoms with Crippen LogP contribution in [0.3, 0.4) is 0 Å². The van der Waals surface area contributed by atoms with Crippen molar-refractivity contribution in [1.82, 2.24) is 0 Å². The van der Waals surface area contributed by atoms with E-state index in [1.807, 2.05) is 6.07 Å². The Bertz CT molecular complexity index is 778. The van der Waals surface area contributed by atoms with Crippen molar-refractivity contribution in [2.45, 2.75) is 6.42 Å². The Kier molecular flexibility index (Phi) is 4.66. The maximum Gasteiger partial charge on any atom is 0.231 e. The second kappa shape index (κ2) is 6.88. The molecule has 1 amide bonds. The summed E-state index contributed by atoms with van der Waals surface area (Å²) in [5.74, 6) is 2.04. The van der Waals surface area contributed by atoms with Crippen LogP contribution in [0.5, 0.6) is 23.0 Å². The van der Waals surface area contributed by atoms with E-state index >= 15 is 0 Å². The molecule has 0 unspecified atom stereocenters. The SMILES string of the molecule is COc1cc(NC(=O)Cc2ccc3c(c2)OCO3)c(OC)cc1Cl. The van der Waals surface area contributed by atoms with Crippen LogP contribution in [0, 0.1) is 0 Å². The van der Waals surface area contributed by atoms with Gasteiger partial charge in [-0.15, -0.1) is 0 Å². The lowest BCUT2D eigenvalue weighted by Gasteiger charge is -2.13. The monoisotopic (exact) mass is 349 g/mol. The smallest absolute Gasteiger partial charge is 0.231 e. The van der Waals surface area contributed by atoms with Gasteiger partial charge in [0.1, 0.15) is 11.5 Å². The van der Waals surface area contributed by atoms with Gasteiger partial charge in [0.25, 0.3) is 0 Å². The van der Waals surface area contributed by atoms with E-state index in [9.17, 15) is 4.79 Å². The highest BCUT2D eigenvalue weighted by atomic mass is 35.5. The minimum atomic E-state index is -0.198. The number of hydrogen-bond acceptors (Lipinski definition) is 5. The summed E-state index contributed by atoms with van der Waals surface area (Å²) in [5.41, 5.74) is 1.31. The van der Waals surface area contributed by atoms with Crippen molar-refractivity contribution in [3.8, 4) is 23.0 Å². The van der Waals surface area contributed by atoms with Crippen LogP contribution in [0.2, 0.25) is 5.02 Å². The Morgan fingerprint density at radius 3 is 2.62 bits per heavy atom. The molecule has 3 rings (SSSR count). The van der Waals surface area contributed by atoms with Crippen LogP contribution in [-0.2, 0) is 11.2 Å². The number of fused-ring (bicyclic) bond motifs is 1. The maximum atomic E-state index is 12.3. The molecule has 1 N–H and O–H groups in total. The third kappa shape index (κ3) is 3.33. The second-order valence-corrected chi connectivity index (χ2v) is 5.51. The molecule has 2 aromatic carbocycles. The zero-order valence-corrected chi connectivity index (χ0v) is 14.0. The van der Waals surface area contributed by atoms with Crippen LogP contribution in [0.4, 0.5) is 5.69 Å². The summed E-state index contributed by atoms with van der Waals surface area (Å²) in [6, 6.07) is 8.63. The van der Waals surface area contributed by atoms with Crippen LogP contribution in [0.15, 0.2) is 30.3 Å². The van der Waals surface area contributed by atoms with E-state index in [-0.39, 0.29) is 19.1 Å². The molecule has 0 fully saturated rings. The van der Waals surface area contributed by atoms with E-state index < -0.39 is 0 Å². The molecule has 0 bridgehead atoms. The van der Waals surface area contributed by atoms with E-state index in [0.29, 0.717) is 33.7 Å². The summed E-state index contributed by atoms with van der Waals surface area (Å²) in [7, 11) is 3.01. The average Bonchev–Trinajstić information content (AvgIpc) is 3.03. The molecule has 6 nitrogen and oxygen atoms in total. The number of methoxy groups -OCH3 is 2. The molecular formula is C17H16ClNO5. The van der Waals surface area contributed by atoms with Crippen molar-refractivity contribution in [3.63, 3.8) is 0 Å². The van der Waals surface area contributed by atoms with E-state index in [1.165, 1.54) is 14.2 Å². The molecule has 1 heterocycles. The predicted octanol–water partition coefficient (Wildman–Crippen LogP) is 3.27. The third-order valence-corrected chi connectivity index (χ3v) is 3.85. The highest BCUT2D eigenvalue weighted by Crippen LogP contribution is 2.36. The minimum Gasteiger partial charge on any atom is -0.495 e. The standard InChI is InChI=1S/C17H16ClNO5/c1-21-14-8-12(15(22-2)7-11(14)18)19-17(20)6-10-3-4-13-16(5-10)24-9-23-13/h3-5,7-8H,6,9H2,1-2H3,(H,19,20). The number of rotatable bonds is 5. The van der Waals surface area contributed by atoms with Gasteiger partial charge in [-0.3, -0.25) is 4.79 Å². The molecule has 0 aromatic heterocycles. The molecule has 0 saturated carbocycles. The minimum absolute atomic E-state index is 0.185. The topological polar surface area (TPSA) is 66.0 Å². The molecule has 7 heteroatoms. The highest BCUT2D eigenvalue weighted by molar-refractivity contribution is 6.32. The van der Waals surface area contributed by atoms with Gasteiger partial charge in [-0.25, -0.2) is 0 Å². The van der Waals surface area contributed by atoms with Crippen molar-refractivity contribution in [3.05, 3.63) is 40.9 Å². The number of ether oxygens (including phenoxy) is 4. The Hall–Kier alpha value is -2.60. The van der Waals surface area contributed by atoms with Gasteiger partial charge in [-0.2, -0.15) is 0 Å². The van der Waals surface area contributed by atoms with Gasteiger partial charge in [0, 0.05) is 12.1 Å². The van der Waals surface area contributed by atoms with Crippen molar-refractivity contribution >= 4 is 23.2 Å². The molecule has 0 atom stereocenters. The molecule has 0 aliphatic carbocycles. The van der Waals surface area contributed by atoms with Gasteiger partial charge >= 0.3 is 0 Å². The van der Waals surface area contributed by atoms with E-state index in [0.717, 1.165) is 5.56 Å². The zero-order valence-electron chi connectivity index (χ0n) is 13.2. The van der Waals surface area contributed by atoms with Gasteiger partial charge in [0.05, 0.1) is 31.4 Å². The van der Waals surface area contributed by atoms with Crippen LogP contribution < -0.4 is 24.3 Å². The number of carbonyl (C=O) groups is 1. The maximum absolute atomic E-state index is 12.3. The van der Waals surface area contributed by atoms with Gasteiger partial charge in [-0.1, -0.05) is 17.7 Å². The normalized spacial score (nSPS) is 12.0. The average molecular weight is 350 g/mol. The summed E-state index contributed by atoms with van der Waals surface area (Å²) < 4.78 is 21.0. The van der Waals surface area contributed by atoms with Gasteiger partial charge in [0.15, 0.2) is 11.5 Å². The number of benzene rings is 2. The van der Waals surface area contributed by atoms with Crippen molar-refractivity contribution < 1.29 is 23.7 Å². The van der Waals surface area contributed by atoms with Crippen LogP contribution in [-0.4, -0.2) is 26.9 Å². The number of hydrogen-bond donors (Lipinski definition) is 1. The Balaban J connectivity index is 1.75. The van der Waals surface area contributed by atoms with E-state index in [4.69, 9.17) is 30.5 Å². The summed E-state index contributed by atoms with van der Waals surface area (Å²) >= 11 is 6.06. The fraction of sp³-hybridized carbons (Fsp3) is 0.235. The quantitative estimate of drug-likeness (QED) is 0.897.